The van der Waals surface area contributed by atoms with E-state index >= 15 is 0 Å². The fraction of sp³-hybridized carbons (Fsp3) is 0.500. The number of carbonyl (C=O) groups excluding carboxylic acids is 1. The molecule has 0 unspecified atom stereocenters. The number of hydrogen-bond donors (Lipinski definition) is 0. The van der Waals surface area contributed by atoms with Gasteiger partial charge in [0.2, 0.25) is 0 Å². The van der Waals surface area contributed by atoms with Gasteiger partial charge in [-0.2, -0.15) is 4.98 Å². The average molecular weight is 386 g/mol. The van der Waals surface area contributed by atoms with Crippen LogP contribution < -0.4 is 0 Å². The van der Waals surface area contributed by atoms with E-state index in [1.54, 1.807) is 0 Å². The van der Waals surface area contributed by atoms with Gasteiger partial charge < -0.3 is 9.42 Å². The summed E-state index contributed by atoms with van der Waals surface area (Å²) in [4.78, 5) is 19.8. The summed E-state index contributed by atoms with van der Waals surface area (Å²) in [6.07, 6.45) is 3.54. The summed E-state index contributed by atoms with van der Waals surface area (Å²) in [6.45, 7) is 7.44. The van der Waals surface area contributed by atoms with Crippen molar-refractivity contribution in [3.8, 4) is 11.6 Å². The van der Waals surface area contributed by atoms with Crippen molar-refractivity contribution in [3.05, 3.63) is 33.9 Å². The Balaban J connectivity index is 1.41. The van der Waals surface area contributed by atoms with Gasteiger partial charge in [-0.1, -0.05) is 24.2 Å². The Labute approximate surface area is 161 Å². The number of rotatable bonds is 4. The van der Waals surface area contributed by atoms with Crippen molar-refractivity contribution < 1.29 is 9.32 Å². The van der Waals surface area contributed by atoms with E-state index in [1.165, 1.54) is 11.3 Å². The molecule has 9 heteroatoms. The molecule has 4 heterocycles. The maximum absolute atomic E-state index is 12.6. The van der Waals surface area contributed by atoms with Gasteiger partial charge in [-0.05, 0) is 36.8 Å². The van der Waals surface area contributed by atoms with Crippen molar-refractivity contribution in [1.82, 2.24) is 30.0 Å². The topological polar surface area (TPSA) is 89.9 Å². The van der Waals surface area contributed by atoms with Crippen LogP contribution in [-0.2, 0) is 0 Å². The maximum atomic E-state index is 12.6. The zero-order chi connectivity index (χ0) is 19.0. The maximum Gasteiger partial charge on any atom is 0.280 e. The number of carbonyl (C=O) groups is 1. The Morgan fingerprint density at radius 1 is 1.33 bits per heavy atom. The number of hydrogen-bond acceptors (Lipinski definition) is 7. The molecule has 0 radical (unpaired) electrons. The lowest BCUT2D eigenvalue weighted by molar-refractivity contribution is 0.0693. The van der Waals surface area contributed by atoms with E-state index in [0.29, 0.717) is 30.5 Å². The highest BCUT2D eigenvalue weighted by molar-refractivity contribution is 7.12. The lowest BCUT2D eigenvalue weighted by Crippen LogP contribution is -2.39. The van der Waals surface area contributed by atoms with Crippen LogP contribution in [0.15, 0.2) is 22.2 Å². The monoisotopic (exact) mass is 386 g/mol. The summed E-state index contributed by atoms with van der Waals surface area (Å²) in [7, 11) is 0. The van der Waals surface area contributed by atoms with Gasteiger partial charge in [-0.3, -0.25) is 4.79 Å². The van der Waals surface area contributed by atoms with E-state index in [4.69, 9.17) is 4.52 Å². The van der Waals surface area contributed by atoms with Crippen molar-refractivity contribution in [3.63, 3.8) is 0 Å². The zero-order valence-corrected chi connectivity index (χ0v) is 16.4. The van der Waals surface area contributed by atoms with Gasteiger partial charge in [0.05, 0.1) is 17.1 Å². The second-order valence-electron chi connectivity index (χ2n) is 7.15. The molecular weight excluding hydrogens is 364 g/mol. The fourth-order valence-electron chi connectivity index (χ4n) is 3.20. The van der Waals surface area contributed by atoms with Crippen LogP contribution in [0.1, 0.15) is 59.7 Å². The van der Waals surface area contributed by atoms with Gasteiger partial charge in [0.1, 0.15) is 0 Å². The highest BCUT2D eigenvalue weighted by atomic mass is 32.1. The molecule has 0 bridgehead atoms. The van der Waals surface area contributed by atoms with Gasteiger partial charge in [-0.25, -0.2) is 4.68 Å². The third-order valence-electron chi connectivity index (χ3n) is 4.87. The van der Waals surface area contributed by atoms with Gasteiger partial charge in [0.15, 0.2) is 11.5 Å². The van der Waals surface area contributed by atoms with Gasteiger partial charge >= 0.3 is 0 Å². The lowest BCUT2D eigenvalue weighted by atomic mass is 10.0. The molecule has 1 saturated heterocycles. The molecule has 1 amide bonds. The minimum atomic E-state index is 0.132. The molecule has 0 saturated carbocycles. The van der Waals surface area contributed by atoms with Gasteiger partial charge in [-0.15, -0.1) is 16.4 Å². The molecule has 27 heavy (non-hydrogen) atoms. The Kier molecular flexibility index (Phi) is 4.77. The normalized spacial score (nSPS) is 15.6. The predicted molar refractivity (Wildman–Crippen MR) is 101 cm³/mol. The van der Waals surface area contributed by atoms with Crippen LogP contribution in [0.5, 0.6) is 0 Å². The molecule has 1 fully saturated rings. The Bertz CT molecular complexity index is 935. The summed E-state index contributed by atoms with van der Waals surface area (Å²) in [5.74, 6) is 1.39. The Hall–Kier alpha value is -2.55. The first kappa shape index (κ1) is 17.8. The molecule has 0 aliphatic carbocycles. The number of thiophene rings is 1. The van der Waals surface area contributed by atoms with Crippen LogP contribution in [0.2, 0.25) is 0 Å². The van der Waals surface area contributed by atoms with E-state index in [0.717, 1.165) is 23.3 Å². The largest absolute Gasteiger partial charge is 0.338 e. The minimum Gasteiger partial charge on any atom is -0.338 e. The lowest BCUT2D eigenvalue weighted by Gasteiger charge is -2.31. The van der Waals surface area contributed by atoms with Gasteiger partial charge in [0, 0.05) is 19.0 Å². The number of amides is 1. The third-order valence-corrected chi connectivity index (χ3v) is 5.87. The summed E-state index contributed by atoms with van der Waals surface area (Å²) in [6, 6.07) is 2.20. The van der Waals surface area contributed by atoms with Crippen molar-refractivity contribution >= 4 is 17.2 Å². The molecule has 3 aromatic heterocycles. The van der Waals surface area contributed by atoms with Crippen molar-refractivity contribution in [2.24, 2.45) is 0 Å². The Morgan fingerprint density at radius 3 is 2.74 bits per heavy atom. The quantitative estimate of drug-likeness (QED) is 0.683. The third kappa shape index (κ3) is 3.51. The summed E-state index contributed by atoms with van der Waals surface area (Å²) in [5.41, 5.74) is 1.63. The van der Waals surface area contributed by atoms with Crippen LogP contribution in [0.25, 0.3) is 11.6 Å². The van der Waals surface area contributed by atoms with E-state index < -0.39 is 0 Å². The molecule has 0 N–H and O–H groups in total. The van der Waals surface area contributed by atoms with E-state index in [1.807, 2.05) is 48.0 Å². The summed E-state index contributed by atoms with van der Waals surface area (Å²) in [5, 5.41) is 14.4. The second kappa shape index (κ2) is 7.22. The number of likely N-dealkylation sites (tertiary alicyclic amines) is 1. The molecule has 4 rings (SSSR count). The van der Waals surface area contributed by atoms with Gasteiger partial charge in [0.25, 0.3) is 11.8 Å². The molecule has 0 spiro atoms. The van der Waals surface area contributed by atoms with Crippen LogP contribution in [0, 0.1) is 6.92 Å². The number of aromatic nitrogens is 5. The predicted octanol–water partition coefficient (Wildman–Crippen LogP) is 3.30. The number of aryl methyl sites for hydroxylation is 1. The number of nitrogens with zero attached hydrogens (tertiary/aromatic N) is 6. The van der Waals surface area contributed by atoms with Crippen LogP contribution in [-0.4, -0.2) is 49.0 Å². The first-order valence-electron chi connectivity index (χ1n) is 9.12. The molecule has 1 aliphatic heterocycles. The van der Waals surface area contributed by atoms with Crippen LogP contribution >= 0.6 is 11.3 Å². The van der Waals surface area contributed by atoms with Crippen LogP contribution in [0.4, 0.5) is 0 Å². The molecule has 8 nitrogen and oxygen atoms in total. The molecule has 0 aromatic carbocycles. The highest BCUT2D eigenvalue weighted by Gasteiger charge is 2.27. The second-order valence-corrected chi connectivity index (χ2v) is 8.07. The smallest absolute Gasteiger partial charge is 0.280 e. The van der Waals surface area contributed by atoms with Crippen molar-refractivity contribution in [2.45, 2.75) is 45.6 Å². The summed E-state index contributed by atoms with van der Waals surface area (Å²) >= 11 is 1.51. The van der Waals surface area contributed by atoms with E-state index in [2.05, 4.69) is 20.5 Å². The first-order chi connectivity index (χ1) is 13.0. The molecule has 0 atom stereocenters. The van der Waals surface area contributed by atoms with E-state index in [-0.39, 0.29) is 17.9 Å². The zero-order valence-electron chi connectivity index (χ0n) is 15.6. The SMILES string of the molecule is Cc1ccsc1C(=O)N1CCC(n2cc(-c3nc(C(C)C)no3)nn2)CC1. The Morgan fingerprint density at radius 2 is 2.11 bits per heavy atom. The van der Waals surface area contributed by atoms with E-state index in [9.17, 15) is 4.79 Å². The van der Waals surface area contributed by atoms with Crippen molar-refractivity contribution in [1.29, 1.82) is 0 Å². The molecule has 142 valence electrons. The summed E-state index contributed by atoms with van der Waals surface area (Å²) < 4.78 is 7.14. The first-order valence-corrected chi connectivity index (χ1v) is 10.00. The highest BCUT2D eigenvalue weighted by Crippen LogP contribution is 2.26. The molecule has 1 aliphatic rings. The van der Waals surface area contributed by atoms with Crippen LogP contribution in [0.3, 0.4) is 0 Å². The average Bonchev–Trinajstić information content (AvgIpc) is 3.41. The fourth-order valence-corrected chi connectivity index (χ4v) is 4.09. The van der Waals surface area contributed by atoms with Crippen molar-refractivity contribution in [2.75, 3.05) is 13.1 Å². The molecular formula is C18H22N6O2S. The molecule has 3 aromatic rings. The minimum absolute atomic E-state index is 0.132. The standard InChI is InChI=1S/C18H22N6O2S/c1-11(2)16-19-17(26-21-16)14-10-24(22-20-14)13-4-7-23(8-5-13)18(25)15-12(3)6-9-27-15/h6,9-11,13H,4-5,7-8H2,1-3H3. The number of piperidine rings is 1.